The summed E-state index contributed by atoms with van der Waals surface area (Å²) >= 11 is -1.89. The zero-order valence-corrected chi connectivity index (χ0v) is 4.98. The van der Waals surface area contributed by atoms with Gasteiger partial charge in [0.05, 0.1) is 5.75 Å². The summed E-state index contributed by atoms with van der Waals surface area (Å²) in [4.78, 5) is 9.88. The molecule has 0 bridgehead atoms. The lowest BCUT2D eigenvalue weighted by Crippen LogP contribution is -2.13. The van der Waals surface area contributed by atoms with Gasteiger partial charge in [0, 0.05) is 6.42 Å². The first-order chi connectivity index (χ1) is 3.63. The van der Waals surface area contributed by atoms with Crippen LogP contribution in [0.15, 0.2) is 0 Å². The quantitative estimate of drug-likeness (QED) is 0.494. The van der Waals surface area contributed by atoms with E-state index in [2.05, 4.69) is 5.73 Å². The number of carbonyl (C=O) groups excluding carboxylic acids is 1. The second kappa shape index (κ2) is 3.57. The van der Waals surface area contributed by atoms with Crippen molar-refractivity contribution in [1.29, 1.82) is 0 Å². The minimum absolute atomic E-state index is 0.0247. The van der Waals surface area contributed by atoms with Crippen LogP contribution in [0.4, 0.5) is 0 Å². The fraction of sp³-hybridized carbons (Fsp3) is 0.667. The van der Waals surface area contributed by atoms with Gasteiger partial charge in [-0.3, -0.25) is 4.79 Å². The number of hydrogen-bond acceptors (Lipinski definition) is 2. The van der Waals surface area contributed by atoms with E-state index in [9.17, 15) is 9.00 Å². The molecule has 0 rings (SSSR count). The van der Waals surface area contributed by atoms with Crippen molar-refractivity contribution >= 4 is 17.0 Å². The minimum atomic E-state index is -1.89. The Balaban J connectivity index is 3.18. The monoisotopic (exact) mass is 137 g/mol. The molecule has 4 nitrogen and oxygen atoms in total. The molecule has 1 amide bonds. The molecule has 0 aromatic rings. The zero-order valence-electron chi connectivity index (χ0n) is 4.16. The molecule has 0 aliphatic rings. The Morgan fingerprint density at radius 2 is 2.25 bits per heavy atom. The van der Waals surface area contributed by atoms with Crippen molar-refractivity contribution in [2.45, 2.75) is 6.42 Å². The average molecular weight is 137 g/mol. The number of nitrogens with two attached hydrogens (primary N) is 1. The van der Waals surface area contributed by atoms with E-state index in [0.717, 1.165) is 0 Å². The zero-order chi connectivity index (χ0) is 6.57. The Bertz CT molecular complexity index is 99.1. The molecule has 8 heavy (non-hydrogen) atoms. The lowest BCUT2D eigenvalue weighted by atomic mass is 10.5. The SMILES string of the molecule is NC(=O)CCS(=O)O. The number of amides is 1. The summed E-state index contributed by atoms with van der Waals surface area (Å²) in [6.45, 7) is 0. The molecule has 0 fully saturated rings. The highest BCUT2D eigenvalue weighted by atomic mass is 32.2. The fourth-order valence-electron chi connectivity index (χ4n) is 0.188. The van der Waals surface area contributed by atoms with Crippen LogP contribution in [0, 0.1) is 0 Å². The summed E-state index contributed by atoms with van der Waals surface area (Å²) in [7, 11) is 0. The van der Waals surface area contributed by atoms with E-state index in [1.807, 2.05) is 0 Å². The van der Waals surface area contributed by atoms with Gasteiger partial charge in [0.15, 0.2) is 11.1 Å². The van der Waals surface area contributed by atoms with Gasteiger partial charge in [0.1, 0.15) is 0 Å². The molecule has 48 valence electrons. The van der Waals surface area contributed by atoms with Gasteiger partial charge in [0.2, 0.25) is 5.91 Å². The molecule has 0 saturated carbocycles. The van der Waals surface area contributed by atoms with Crippen molar-refractivity contribution < 1.29 is 13.6 Å². The van der Waals surface area contributed by atoms with E-state index in [0.29, 0.717) is 0 Å². The molecular weight excluding hydrogens is 130 g/mol. The summed E-state index contributed by atoms with van der Waals surface area (Å²) in [6.07, 6.45) is -0.0247. The first kappa shape index (κ1) is 7.58. The van der Waals surface area contributed by atoms with Crippen LogP contribution in [0.25, 0.3) is 0 Å². The van der Waals surface area contributed by atoms with E-state index < -0.39 is 17.0 Å². The maximum Gasteiger partial charge on any atom is 0.218 e. The molecule has 3 N–H and O–H groups in total. The molecule has 0 saturated heterocycles. The van der Waals surface area contributed by atoms with Crippen molar-refractivity contribution in [1.82, 2.24) is 0 Å². The van der Waals surface area contributed by atoms with Gasteiger partial charge in [-0.15, -0.1) is 0 Å². The average Bonchev–Trinajstić information content (AvgIpc) is 1.61. The summed E-state index contributed by atoms with van der Waals surface area (Å²) in [5, 5.41) is 0. The van der Waals surface area contributed by atoms with Crippen molar-refractivity contribution in [2.24, 2.45) is 5.73 Å². The molecule has 1 unspecified atom stereocenters. The first-order valence-corrected chi connectivity index (χ1v) is 3.26. The summed E-state index contributed by atoms with van der Waals surface area (Å²) in [5.74, 6) is -0.609. The highest BCUT2D eigenvalue weighted by Crippen LogP contribution is 1.79. The highest BCUT2D eigenvalue weighted by Gasteiger charge is 1.96. The molecule has 0 spiro atoms. The van der Waals surface area contributed by atoms with E-state index in [-0.39, 0.29) is 12.2 Å². The Hall–Kier alpha value is -0.420. The van der Waals surface area contributed by atoms with Crippen molar-refractivity contribution in [2.75, 3.05) is 5.75 Å². The third kappa shape index (κ3) is 5.58. The highest BCUT2D eigenvalue weighted by molar-refractivity contribution is 7.79. The molecule has 0 heterocycles. The van der Waals surface area contributed by atoms with Gasteiger partial charge in [-0.1, -0.05) is 0 Å². The second-order valence-electron chi connectivity index (χ2n) is 1.24. The molecule has 5 heteroatoms. The maximum atomic E-state index is 9.88. The molecule has 0 aliphatic heterocycles. The van der Waals surface area contributed by atoms with Crippen LogP contribution in [0.2, 0.25) is 0 Å². The molecule has 0 aromatic heterocycles. The van der Waals surface area contributed by atoms with E-state index in [1.165, 1.54) is 0 Å². The second-order valence-corrected chi connectivity index (χ2v) is 2.29. The standard InChI is InChI=1S/C3H7NO3S/c4-3(5)1-2-8(6)7/h1-2H2,(H2,4,5)(H,6,7). The fourth-order valence-corrected chi connectivity index (χ4v) is 0.564. The van der Waals surface area contributed by atoms with Crippen LogP contribution in [-0.4, -0.2) is 20.4 Å². The molecule has 1 atom stereocenters. The molecule has 0 radical (unpaired) electrons. The Morgan fingerprint density at radius 1 is 1.75 bits per heavy atom. The van der Waals surface area contributed by atoms with Crippen LogP contribution in [0.3, 0.4) is 0 Å². The first-order valence-electron chi connectivity index (χ1n) is 1.98. The van der Waals surface area contributed by atoms with E-state index in [4.69, 9.17) is 4.55 Å². The Morgan fingerprint density at radius 3 is 2.38 bits per heavy atom. The van der Waals surface area contributed by atoms with Gasteiger partial charge in [-0.2, -0.15) is 0 Å². The van der Waals surface area contributed by atoms with Gasteiger partial charge in [-0.25, -0.2) is 4.21 Å². The largest absolute Gasteiger partial charge is 0.370 e. The smallest absolute Gasteiger partial charge is 0.218 e. The predicted octanol–water partition coefficient (Wildman–Crippen LogP) is -0.917. The van der Waals surface area contributed by atoms with Crippen molar-refractivity contribution in [3.8, 4) is 0 Å². The van der Waals surface area contributed by atoms with E-state index in [1.54, 1.807) is 0 Å². The van der Waals surface area contributed by atoms with Gasteiger partial charge in [-0.05, 0) is 0 Å². The summed E-state index contributed by atoms with van der Waals surface area (Å²) in [6, 6.07) is 0. The molecule has 0 aliphatic carbocycles. The van der Waals surface area contributed by atoms with Crippen LogP contribution < -0.4 is 5.73 Å². The van der Waals surface area contributed by atoms with E-state index >= 15 is 0 Å². The van der Waals surface area contributed by atoms with Gasteiger partial charge in [0.25, 0.3) is 0 Å². The lowest BCUT2D eigenvalue weighted by Gasteiger charge is -1.87. The lowest BCUT2D eigenvalue weighted by molar-refractivity contribution is -0.117. The Labute approximate surface area is 49.3 Å². The summed E-state index contributed by atoms with van der Waals surface area (Å²) < 4.78 is 17.9. The van der Waals surface area contributed by atoms with Crippen LogP contribution in [0.5, 0.6) is 0 Å². The van der Waals surface area contributed by atoms with Crippen molar-refractivity contribution in [3.05, 3.63) is 0 Å². The molecular formula is C3H7NO3S. The van der Waals surface area contributed by atoms with Crippen molar-refractivity contribution in [3.63, 3.8) is 0 Å². The normalized spacial score (nSPS) is 13.1. The third-order valence-electron chi connectivity index (χ3n) is 0.523. The predicted molar refractivity (Wildman–Crippen MR) is 29.4 cm³/mol. The molecule has 0 aromatic carbocycles. The Kier molecular flexibility index (Phi) is 3.38. The number of primary amides is 1. The minimum Gasteiger partial charge on any atom is -0.370 e. The third-order valence-corrected chi connectivity index (χ3v) is 1.08. The number of hydrogen-bond donors (Lipinski definition) is 2. The van der Waals surface area contributed by atoms with Gasteiger partial charge < -0.3 is 10.3 Å². The van der Waals surface area contributed by atoms with Crippen LogP contribution in [0.1, 0.15) is 6.42 Å². The van der Waals surface area contributed by atoms with Crippen LogP contribution >= 0.6 is 0 Å². The van der Waals surface area contributed by atoms with Crippen LogP contribution in [-0.2, 0) is 15.9 Å². The topological polar surface area (TPSA) is 80.4 Å². The van der Waals surface area contributed by atoms with Gasteiger partial charge >= 0.3 is 0 Å². The maximum absolute atomic E-state index is 9.88. The number of rotatable bonds is 3. The summed E-state index contributed by atoms with van der Waals surface area (Å²) in [5.41, 5.74) is 4.66. The number of carbonyl (C=O) groups is 1.